The molecule has 1 aliphatic heterocycles. The molecule has 5 rings (SSSR count). The molecule has 1 saturated heterocycles. The maximum atomic E-state index is 13.4. The van der Waals surface area contributed by atoms with E-state index in [0.717, 1.165) is 66.9 Å². The molecule has 1 aliphatic carbocycles. The molecule has 0 amide bonds. The molecule has 2 fully saturated rings. The van der Waals surface area contributed by atoms with Crippen molar-refractivity contribution < 1.29 is 0 Å². The Balaban J connectivity index is 1.60. The monoisotopic (exact) mass is 377 g/mol. The lowest BCUT2D eigenvalue weighted by molar-refractivity contribution is 0.226. The highest BCUT2D eigenvalue weighted by Gasteiger charge is 2.33. The van der Waals surface area contributed by atoms with E-state index in [1.165, 1.54) is 12.8 Å². The molecule has 28 heavy (non-hydrogen) atoms. The van der Waals surface area contributed by atoms with Crippen LogP contribution in [0.25, 0.3) is 10.9 Å². The van der Waals surface area contributed by atoms with Crippen LogP contribution in [0.3, 0.4) is 0 Å². The van der Waals surface area contributed by atoms with Gasteiger partial charge in [0.15, 0.2) is 0 Å². The lowest BCUT2D eigenvalue weighted by Gasteiger charge is -2.28. The molecular weight excluding hydrogens is 350 g/mol. The standard InChI is InChI=1S/C22H27N5O/c1-15-13-16(25-24-15)14-26-12-6-11-20(26)21-23-19-10-5-4-9-18(19)22(28)27(21)17-7-2-3-8-17/h4-5,9-10,13,17,20H,2-3,6-8,11-12,14H2,1H3,(H,24,25). The summed E-state index contributed by atoms with van der Waals surface area (Å²) in [6, 6.07) is 10.4. The first-order chi connectivity index (χ1) is 13.7. The largest absolute Gasteiger partial charge is 0.292 e. The van der Waals surface area contributed by atoms with Gasteiger partial charge in [-0.1, -0.05) is 25.0 Å². The Hall–Kier alpha value is -2.47. The van der Waals surface area contributed by atoms with Crippen LogP contribution in [0.2, 0.25) is 0 Å². The number of hydrogen-bond donors (Lipinski definition) is 1. The van der Waals surface area contributed by atoms with Gasteiger partial charge in [0.2, 0.25) is 0 Å². The molecule has 6 nitrogen and oxygen atoms in total. The lowest BCUT2D eigenvalue weighted by atomic mass is 10.1. The molecule has 1 N–H and O–H groups in total. The van der Waals surface area contributed by atoms with E-state index in [0.29, 0.717) is 0 Å². The molecular formula is C22H27N5O. The van der Waals surface area contributed by atoms with Gasteiger partial charge in [-0.15, -0.1) is 0 Å². The molecule has 0 bridgehead atoms. The minimum atomic E-state index is 0.134. The number of aromatic amines is 1. The molecule has 0 radical (unpaired) electrons. The molecule has 1 unspecified atom stereocenters. The SMILES string of the molecule is Cc1cc(CN2CCCC2c2nc3ccccc3c(=O)n2C2CCCC2)n[nH]1. The van der Waals surface area contributed by atoms with E-state index in [4.69, 9.17) is 4.98 Å². The van der Waals surface area contributed by atoms with Gasteiger partial charge in [0, 0.05) is 18.3 Å². The van der Waals surface area contributed by atoms with Crippen LogP contribution < -0.4 is 5.56 Å². The number of nitrogens with zero attached hydrogens (tertiary/aromatic N) is 4. The fourth-order valence-corrected chi connectivity index (χ4v) is 4.98. The van der Waals surface area contributed by atoms with E-state index in [1.54, 1.807) is 0 Å². The molecule has 3 aromatic rings. The molecule has 1 saturated carbocycles. The number of benzene rings is 1. The van der Waals surface area contributed by atoms with Crippen molar-refractivity contribution in [3.8, 4) is 0 Å². The predicted octanol–water partition coefficient (Wildman–Crippen LogP) is 3.88. The number of aromatic nitrogens is 4. The van der Waals surface area contributed by atoms with Crippen molar-refractivity contribution in [3.05, 3.63) is 57.9 Å². The molecule has 3 heterocycles. The van der Waals surface area contributed by atoms with Gasteiger partial charge in [0.1, 0.15) is 5.82 Å². The van der Waals surface area contributed by atoms with Crippen LogP contribution in [-0.4, -0.2) is 31.2 Å². The van der Waals surface area contributed by atoms with E-state index in [-0.39, 0.29) is 17.6 Å². The average Bonchev–Trinajstić information content (AvgIpc) is 3.45. The fraction of sp³-hybridized carbons (Fsp3) is 0.500. The van der Waals surface area contributed by atoms with Gasteiger partial charge in [-0.2, -0.15) is 5.10 Å². The number of rotatable bonds is 4. The highest BCUT2D eigenvalue weighted by molar-refractivity contribution is 5.77. The third-order valence-corrected chi connectivity index (χ3v) is 6.31. The Morgan fingerprint density at radius 1 is 1.14 bits per heavy atom. The van der Waals surface area contributed by atoms with E-state index < -0.39 is 0 Å². The van der Waals surface area contributed by atoms with Crippen LogP contribution in [0, 0.1) is 6.92 Å². The van der Waals surface area contributed by atoms with Crippen molar-refractivity contribution in [1.82, 2.24) is 24.6 Å². The predicted molar refractivity (Wildman–Crippen MR) is 109 cm³/mol. The Bertz CT molecular complexity index is 1050. The van der Waals surface area contributed by atoms with Gasteiger partial charge in [0.25, 0.3) is 5.56 Å². The topological polar surface area (TPSA) is 66.8 Å². The van der Waals surface area contributed by atoms with Gasteiger partial charge in [0.05, 0.1) is 22.6 Å². The first-order valence-electron chi connectivity index (χ1n) is 10.5. The van der Waals surface area contributed by atoms with Crippen molar-refractivity contribution >= 4 is 10.9 Å². The van der Waals surface area contributed by atoms with Gasteiger partial charge >= 0.3 is 0 Å². The number of hydrogen-bond acceptors (Lipinski definition) is 4. The second kappa shape index (κ2) is 7.17. The summed E-state index contributed by atoms with van der Waals surface area (Å²) in [4.78, 5) is 20.9. The number of likely N-dealkylation sites (tertiary alicyclic amines) is 1. The summed E-state index contributed by atoms with van der Waals surface area (Å²) in [5.41, 5.74) is 3.09. The average molecular weight is 377 g/mol. The number of nitrogens with one attached hydrogen (secondary N) is 1. The fourth-order valence-electron chi connectivity index (χ4n) is 4.98. The first-order valence-corrected chi connectivity index (χ1v) is 10.5. The second-order valence-electron chi connectivity index (χ2n) is 8.27. The zero-order valence-electron chi connectivity index (χ0n) is 16.4. The van der Waals surface area contributed by atoms with Crippen LogP contribution in [-0.2, 0) is 6.54 Å². The minimum Gasteiger partial charge on any atom is -0.292 e. The number of para-hydroxylation sites is 1. The normalized spacial score (nSPS) is 21.1. The Kier molecular flexibility index (Phi) is 4.51. The maximum Gasteiger partial charge on any atom is 0.261 e. The highest BCUT2D eigenvalue weighted by Crippen LogP contribution is 2.36. The quantitative estimate of drug-likeness (QED) is 0.749. The van der Waals surface area contributed by atoms with Crippen molar-refractivity contribution in [3.63, 3.8) is 0 Å². The summed E-state index contributed by atoms with van der Waals surface area (Å²) in [6.45, 7) is 3.84. The molecule has 0 spiro atoms. The second-order valence-corrected chi connectivity index (χ2v) is 8.27. The molecule has 2 aliphatic rings. The number of aryl methyl sites for hydroxylation is 1. The van der Waals surface area contributed by atoms with E-state index in [1.807, 2.05) is 35.8 Å². The van der Waals surface area contributed by atoms with Crippen LogP contribution in [0.1, 0.15) is 67.8 Å². The molecule has 6 heteroatoms. The smallest absolute Gasteiger partial charge is 0.261 e. The van der Waals surface area contributed by atoms with Crippen LogP contribution in [0.5, 0.6) is 0 Å². The first kappa shape index (κ1) is 17.6. The number of fused-ring (bicyclic) bond motifs is 1. The van der Waals surface area contributed by atoms with Gasteiger partial charge in [-0.05, 0) is 57.4 Å². The Morgan fingerprint density at radius 2 is 1.96 bits per heavy atom. The number of H-pyrrole nitrogens is 1. The zero-order chi connectivity index (χ0) is 19.1. The summed E-state index contributed by atoms with van der Waals surface area (Å²) in [5.74, 6) is 0.959. The van der Waals surface area contributed by atoms with Crippen molar-refractivity contribution in [2.45, 2.75) is 64.1 Å². The van der Waals surface area contributed by atoms with Crippen molar-refractivity contribution in [1.29, 1.82) is 0 Å². The molecule has 2 aromatic heterocycles. The van der Waals surface area contributed by atoms with Crippen LogP contribution >= 0.6 is 0 Å². The lowest BCUT2D eigenvalue weighted by Crippen LogP contribution is -2.33. The van der Waals surface area contributed by atoms with Crippen molar-refractivity contribution in [2.75, 3.05) is 6.54 Å². The molecule has 146 valence electrons. The van der Waals surface area contributed by atoms with Crippen LogP contribution in [0.15, 0.2) is 35.1 Å². The highest BCUT2D eigenvalue weighted by atomic mass is 16.1. The summed E-state index contributed by atoms with van der Waals surface area (Å²) in [7, 11) is 0. The minimum absolute atomic E-state index is 0.134. The van der Waals surface area contributed by atoms with Gasteiger partial charge < -0.3 is 0 Å². The Morgan fingerprint density at radius 3 is 2.75 bits per heavy atom. The van der Waals surface area contributed by atoms with Gasteiger partial charge in [-0.3, -0.25) is 19.4 Å². The summed E-state index contributed by atoms with van der Waals surface area (Å²) >= 11 is 0. The molecule has 1 atom stereocenters. The third-order valence-electron chi connectivity index (χ3n) is 6.31. The summed E-state index contributed by atoms with van der Waals surface area (Å²) < 4.78 is 2.05. The summed E-state index contributed by atoms with van der Waals surface area (Å²) in [6.07, 6.45) is 6.73. The molecule has 1 aromatic carbocycles. The van der Waals surface area contributed by atoms with E-state index >= 15 is 0 Å². The maximum absolute atomic E-state index is 13.4. The van der Waals surface area contributed by atoms with Crippen molar-refractivity contribution in [2.24, 2.45) is 0 Å². The van der Waals surface area contributed by atoms with Gasteiger partial charge in [-0.25, -0.2) is 4.98 Å². The zero-order valence-corrected chi connectivity index (χ0v) is 16.4. The summed E-state index contributed by atoms with van der Waals surface area (Å²) in [5, 5.41) is 8.20. The third kappa shape index (κ3) is 3.05. The Labute approximate surface area is 164 Å². The van der Waals surface area contributed by atoms with E-state index in [2.05, 4.69) is 21.2 Å². The van der Waals surface area contributed by atoms with E-state index in [9.17, 15) is 4.79 Å². The van der Waals surface area contributed by atoms with Crippen LogP contribution in [0.4, 0.5) is 0 Å².